The second-order valence-corrected chi connectivity index (χ2v) is 9.84. The summed E-state index contributed by atoms with van der Waals surface area (Å²) in [6, 6.07) is 20.6. The number of amides is 1. The number of aromatic nitrogens is 1. The van der Waals surface area contributed by atoms with E-state index in [9.17, 15) is 9.18 Å². The van der Waals surface area contributed by atoms with Gasteiger partial charge in [-0.2, -0.15) is 0 Å². The molecule has 164 valence electrons. The Morgan fingerprint density at radius 3 is 2.55 bits per heavy atom. The SMILES string of the molecule is Cc1ccc(N2C(=O)/C(=C\c3cn(Cc4ccc(F)cc4)c4ccccc34)SC2=S)c(C)c1. The van der Waals surface area contributed by atoms with Gasteiger partial charge in [0.25, 0.3) is 5.91 Å². The van der Waals surface area contributed by atoms with Crippen LogP contribution < -0.4 is 4.90 Å². The summed E-state index contributed by atoms with van der Waals surface area (Å²) >= 11 is 6.90. The molecule has 6 heteroatoms. The van der Waals surface area contributed by atoms with Gasteiger partial charge < -0.3 is 4.57 Å². The Morgan fingerprint density at radius 2 is 1.79 bits per heavy atom. The first-order valence-corrected chi connectivity index (χ1v) is 11.8. The molecule has 1 aliphatic rings. The highest BCUT2D eigenvalue weighted by Crippen LogP contribution is 2.38. The number of aryl methyl sites for hydroxylation is 2. The molecule has 0 spiro atoms. The Bertz CT molecular complexity index is 1440. The average molecular weight is 473 g/mol. The van der Waals surface area contributed by atoms with Crippen molar-refractivity contribution in [2.24, 2.45) is 0 Å². The molecule has 0 aliphatic carbocycles. The number of carbonyl (C=O) groups is 1. The smallest absolute Gasteiger partial charge is 0.270 e. The molecule has 33 heavy (non-hydrogen) atoms. The molecular formula is C27H21FN2OS2. The lowest BCUT2D eigenvalue weighted by Crippen LogP contribution is -2.28. The van der Waals surface area contributed by atoms with Crippen molar-refractivity contribution in [3.05, 3.63) is 106 Å². The summed E-state index contributed by atoms with van der Waals surface area (Å²) in [5.74, 6) is -0.352. The topological polar surface area (TPSA) is 25.2 Å². The van der Waals surface area contributed by atoms with Crippen LogP contribution >= 0.6 is 24.0 Å². The number of anilines is 1. The quantitative estimate of drug-likeness (QED) is 0.240. The molecule has 3 aromatic carbocycles. The monoisotopic (exact) mass is 472 g/mol. The number of hydrogen-bond acceptors (Lipinski definition) is 3. The molecule has 1 aliphatic heterocycles. The summed E-state index contributed by atoms with van der Waals surface area (Å²) in [5, 5.41) is 1.05. The van der Waals surface area contributed by atoms with Gasteiger partial charge in [-0.05, 0) is 55.3 Å². The molecule has 0 saturated carbocycles. The van der Waals surface area contributed by atoms with Crippen molar-refractivity contribution < 1.29 is 9.18 Å². The number of thioether (sulfide) groups is 1. The van der Waals surface area contributed by atoms with Crippen molar-refractivity contribution in [1.29, 1.82) is 0 Å². The van der Waals surface area contributed by atoms with Crippen LogP contribution in [0, 0.1) is 19.7 Å². The number of hydrogen-bond donors (Lipinski definition) is 0. The van der Waals surface area contributed by atoms with Gasteiger partial charge in [0, 0.05) is 29.2 Å². The van der Waals surface area contributed by atoms with E-state index in [2.05, 4.69) is 16.7 Å². The molecule has 5 rings (SSSR count). The Labute approximate surface area is 201 Å². The Kier molecular flexibility index (Phi) is 5.64. The molecule has 1 saturated heterocycles. The van der Waals surface area contributed by atoms with Crippen LogP contribution in [0.1, 0.15) is 22.3 Å². The molecule has 0 N–H and O–H groups in total. The molecule has 0 unspecified atom stereocenters. The standard InChI is InChI=1S/C27H21FN2OS2/c1-17-7-12-23(18(2)13-17)30-26(31)25(33-27(30)32)14-20-16-29(24-6-4-3-5-22(20)24)15-19-8-10-21(28)11-9-19/h3-14,16H,15H2,1-2H3/b25-14+. The number of nitrogens with zero attached hydrogens (tertiary/aromatic N) is 2. The first-order chi connectivity index (χ1) is 15.9. The summed E-state index contributed by atoms with van der Waals surface area (Å²) in [6.07, 6.45) is 3.96. The second-order valence-electron chi connectivity index (χ2n) is 8.16. The lowest BCUT2D eigenvalue weighted by atomic mass is 10.1. The van der Waals surface area contributed by atoms with E-state index >= 15 is 0 Å². The van der Waals surface area contributed by atoms with E-state index < -0.39 is 0 Å². The number of fused-ring (bicyclic) bond motifs is 1. The van der Waals surface area contributed by atoms with Crippen molar-refractivity contribution in [3.63, 3.8) is 0 Å². The molecule has 2 heterocycles. The molecule has 0 bridgehead atoms. The third-order valence-electron chi connectivity index (χ3n) is 5.76. The highest BCUT2D eigenvalue weighted by atomic mass is 32.2. The van der Waals surface area contributed by atoms with Crippen LogP contribution in [-0.2, 0) is 11.3 Å². The van der Waals surface area contributed by atoms with E-state index in [1.165, 1.54) is 23.9 Å². The van der Waals surface area contributed by atoms with E-state index in [1.807, 2.05) is 56.5 Å². The largest absolute Gasteiger partial charge is 0.342 e. The number of para-hydroxylation sites is 1. The minimum atomic E-state index is -0.248. The van der Waals surface area contributed by atoms with Crippen molar-refractivity contribution >= 4 is 56.9 Å². The first-order valence-electron chi connectivity index (χ1n) is 10.6. The Morgan fingerprint density at radius 1 is 1.03 bits per heavy atom. The van der Waals surface area contributed by atoms with E-state index in [4.69, 9.17) is 12.2 Å². The van der Waals surface area contributed by atoms with E-state index in [-0.39, 0.29) is 11.7 Å². The molecule has 0 radical (unpaired) electrons. The van der Waals surface area contributed by atoms with Gasteiger partial charge in [0.2, 0.25) is 0 Å². The minimum absolute atomic E-state index is 0.104. The maximum absolute atomic E-state index is 13.3. The number of thiocarbonyl (C=S) groups is 1. The van der Waals surface area contributed by atoms with Gasteiger partial charge in [0.15, 0.2) is 4.32 Å². The van der Waals surface area contributed by atoms with Gasteiger partial charge in [-0.3, -0.25) is 9.69 Å². The third kappa shape index (κ3) is 4.12. The highest BCUT2D eigenvalue weighted by molar-refractivity contribution is 8.27. The lowest BCUT2D eigenvalue weighted by molar-refractivity contribution is -0.113. The van der Waals surface area contributed by atoms with Crippen LogP contribution in [0.4, 0.5) is 10.1 Å². The highest BCUT2D eigenvalue weighted by Gasteiger charge is 2.34. The van der Waals surface area contributed by atoms with Crippen molar-refractivity contribution in [1.82, 2.24) is 4.57 Å². The van der Waals surface area contributed by atoms with Crippen LogP contribution in [0.5, 0.6) is 0 Å². The van der Waals surface area contributed by atoms with E-state index in [0.29, 0.717) is 15.8 Å². The lowest BCUT2D eigenvalue weighted by Gasteiger charge is -2.17. The summed E-state index contributed by atoms with van der Waals surface area (Å²) in [7, 11) is 0. The summed E-state index contributed by atoms with van der Waals surface area (Å²) in [6.45, 7) is 4.63. The van der Waals surface area contributed by atoms with Gasteiger partial charge in [-0.25, -0.2) is 4.39 Å². The molecule has 4 aromatic rings. The molecule has 3 nitrogen and oxygen atoms in total. The molecule has 1 amide bonds. The van der Waals surface area contributed by atoms with Gasteiger partial charge in [0.05, 0.1) is 10.6 Å². The van der Waals surface area contributed by atoms with Gasteiger partial charge in [-0.15, -0.1) is 0 Å². The van der Waals surface area contributed by atoms with Gasteiger partial charge in [-0.1, -0.05) is 72.0 Å². The van der Waals surface area contributed by atoms with Crippen molar-refractivity contribution in [3.8, 4) is 0 Å². The zero-order valence-corrected chi connectivity index (χ0v) is 19.8. The Balaban J connectivity index is 1.52. The number of benzene rings is 3. The number of rotatable bonds is 4. The zero-order valence-electron chi connectivity index (χ0n) is 18.2. The maximum Gasteiger partial charge on any atom is 0.270 e. The summed E-state index contributed by atoms with van der Waals surface area (Å²) in [4.78, 5) is 15.6. The van der Waals surface area contributed by atoms with E-state index in [1.54, 1.807) is 17.0 Å². The fourth-order valence-electron chi connectivity index (χ4n) is 4.18. The normalized spacial score (nSPS) is 15.2. The molecule has 1 fully saturated rings. The van der Waals surface area contributed by atoms with Crippen LogP contribution in [-0.4, -0.2) is 14.8 Å². The fourth-order valence-corrected chi connectivity index (χ4v) is 5.46. The average Bonchev–Trinajstić information content (AvgIpc) is 3.27. The minimum Gasteiger partial charge on any atom is -0.342 e. The fraction of sp³-hybridized carbons (Fsp3) is 0.111. The third-order valence-corrected chi connectivity index (χ3v) is 7.06. The zero-order chi connectivity index (χ0) is 23.1. The molecule has 1 aromatic heterocycles. The van der Waals surface area contributed by atoms with Crippen LogP contribution in [0.25, 0.3) is 17.0 Å². The predicted molar refractivity (Wildman–Crippen MR) is 139 cm³/mol. The van der Waals surface area contributed by atoms with E-state index in [0.717, 1.165) is 38.8 Å². The summed E-state index contributed by atoms with van der Waals surface area (Å²) in [5.41, 5.74) is 6.00. The van der Waals surface area contributed by atoms with Crippen LogP contribution in [0.15, 0.2) is 77.8 Å². The Hall–Kier alpha value is -3.22. The van der Waals surface area contributed by atoms with Crippen molar-refractivity contribution in [2.75, 3.05) is 4.90 Å². The second kappa shape index (κ2) is 8.61. The van der Waals surface area contributed by atoms with Gasteiger partial charge >= 0.3 is 0 Å². The van der Waals surface area contributed by atoms with Crippen LogP contribution in [0.2, 0.25) is 0 Å². The summed E-state index contributed by atoms with van der Waals surface area (Å²) < 4.78 is 16.0. The first kappa shape index (κ1) is 21.6. The number of carbonyl (C=O) groups excluding carboxylic acids is 1. The van der Waals surface area contributed by atoms with Gasteiger partial charge in [0.1, 0.15) is 5.82 Å². The number of halogens is 1. The maximum atomic E-state index is 13.3. The predicted octanol–water partition coefficient (Wildman–Crippen LogP) is 6.85. The van der Waals surface area contributed by atoms with Crippen molar-refractivity contribution in [2.45, 2.75) is 20.4 Å². The van der Waals surface area contributed by atoms with Crippen LogP contribution in [0.3, 0.4) is 0 Å². The molecular weight excluding hydrogens is 451 g/mol. The molecule has 0 atom stereocenters.